The van der Waals surface area contributed by atoms with E-state index in [-0.39, 0.29) is 11.8 Å². The van der Waals surface area contributed by atoms with Crippen molar-refractivity contribution in [2.24, 2.45) is 11.7 Å². The maximum absolute atomic E-state index is 12.1. The van der Waals surface area contributed by atoms with Gasteiger partial charge in [-0.25, -0.2) is 0 Å². The van der Waals surface area contributed by atoms with E-state index in [1.54, 1.807) is 0 Å². The van der Waals surface area contributed by atoms with E-state index in [1.165, 1.54) is 44.2 Å². The lowest BCUT2D eigenvalue weighted by atomic mass is 9.75. The largest absolute Gasteiger partial charge is 0.365 e. The summed E-state index contributed by atoms with van der Waals surface area (Å²) in [6.07, 6.45) is 2.40. The summed E-state index contributed by atoms with van der Waals surface area (Å²) in [4.78, 5) is 27.6. The zero-order valence-electron chi connectivity index (χ0n) is 14.8. The maximum atomic E-state index is 12.1. The third kappa shape index (κ3) is 3.27. The van der Waals surface area contributed by atoms with E-state index >= 15 is 0 Å². The lowest BCUT2D eigenvalue weighted by Crippen LogP contribution is -2.46. The maximum Gasteiger partial charge on any atom is 0.259 e. The van der Waals surface area contributed by atoms with E-state index in [2.05, 4.69) is 16.3 Å². The highest BCUT2D eigenvalue weighted by molar-refractivity contribution is 7.17. The van der Waals surface area contributed by atoms with Crippen LogP contribution < -0.4 is 11.1 Å². The summed E-state index contributed by atoms with van der Waals surface area (Å²) in [6.45, 7) is 4.85. The van der Waals surface area contributed by atoms with Crippen molar-refractivity contribution in [3.05, 3.63) is 40.8 Å². The van der Waals surface area contributed by atoms with Crippen LogP contribution in [0, 0.1) is 5.92 Å². The molecule has 1 atom stereocenters. The lowest BCUT2D eigenvalue weighted by Gasteiger charge is -2.45. The van der Waals surface area contributed by atoms with Gasteiger partial charge in [0.15, 0.2) is 0 Å². The zero-order chi connectivity index (χ0) is 18.3. The molecule has 1 aromatic heterocycles. The number of fused-ring (bicyclic) bond motifs is 3. The van der Waals surface area contributed by atoms with Crippen molar-refractivity contribution in [2.75, 3.05) is 25.0 Å². The molecule has 3 aliphatic heterocycles. The molecule has 1 aromatic carbocycles. The van der Waals surface area contributed by atoms with Crippen molar-refractivity contribution >= 4 is 28.8 Å². The molecule has 3 fully saturated rings. The van der Waals surface area contributed by atoms with Crippen LogP contribution in [0.4, 0.5) is 5.69 Å². The van der Waals surface area contributed by atoms with Gasteiger partial charge in [0.25, 0.3) is 5.91 Å². The molecule has 0 aliphatic carbocycles. The molecular formula is C20H23N3O2S. The number of nitrogens with one attached hydrogen (secondary N) is 1. The average Bonchev–Trinajstić information content (AvgIpc) is 3.08. The van der Waals surface area contributed by atoms with E-state index in [9.17, 15) is 9.59 Å². The number of hydrogen-bond acceptors (Lipinski definition) is 4. The molecule has 2 aromatic rings. The number of amides is 2. The van der Waals surface area contributed by atoms with Crippen LogP contribution in [0.5, 0.6) is 0 Å². The summed E-state index contributed by atoms with van der Waals surface area (Å²) in [5, 5.41) is 2.81. The van der Waals surface area contributed by atoms with E-state index < -0.39 is 0 Å². The molecule has 2 bridgehead atoms. The number of primary amides is 1. The molecule has 136 valence electrons. The lowest BCUT2D eigenvalue weighted by molar-refractivity contribution is -0.114. The third-order valence-electron chi connectivity index (χ3n) is 5.51. The summed E-state index contributed by atoms with van der Waals surface area (Å²) in [7, 11) is 0. The van der Waals surface area contributed by atoms with Crippen molar-refractivity contribution in [2.45, 2.75) is 25.7 Å². The molecule has 5 rings (SSSR count). The summed E-state index contributed by atoms with van der Waals surface area (Å²) >= 11 is 1.46. The van der Waals surface area contributed by atoms with Crippen LogP contribution in [0.15, 0.2) is 30.3 Å². The number of hydrogen-bond donors (Lipinski definition) is 2. The molecule has 3 saturated heterocycles. The van der Waals surface area contributed by atoms with Crippen molar-refractivity contribution in [1.29, 1.82) is 0 Å². The Bertz CT molecular complexity index is 852. The molecule has 3 N–H and O–H groups in total. The summed E-state index contributed by atoms with van der Waals surface area (Å²) in [6, 6.07) is 9.87. The number of piperidine rings is 3. The number of carbonyl (C=O) groups is 2. The fourth-order valence-corrected chi connectivity index (χ4v) is 5.37. The Morgan fingerprint density at radius 2 is 2.00 bits per heavy atom. The van der Waals surface area contributed by atoms with Crippen LogP contribution in [-0.4, -0.2) is 36.3 Å². The van der Waals surface area contributed by atoms with Gasteiger partial charge in [-0.1, -0.05) is 12.1 Å². The minimum atomic E-state index is -0.342. The molecule has 0 saturated carbocycles. The highest BCUT2D eigenvalue weighted by atomic mass is 32.1. The Balaban J connectivity index is 1.70. The van der Waals surface area contributed by atoms with Crippen molar-refractivity contribution in [3.8, 4) is 10.4 Å². The summed E-state index contributed by atoms with van der Waals surface area (Å²) in [5.74, 6) is 0.597. The van der Waals surface area contributed by atoms with E-state index in [0.717, 1.165) is 28.2 Å². The topological polar surface area (TPSA) is 75.4 Å². The Morgan fingerprint density at radius 1 is 1.23 bits per heavy atom. The zero-order valence-corrected chi connectivity index (χ0v) is 15.6. The van der Waals surface area contributed by atoms with Gasteiger partial charge in [-0.2, -0.15) is 0 Å². The van der Waals surface area contributed by atoms with Crippen LogP contribution >= 0.6 is 11.3 Å². The monoisotopic (exact) mass is 369 g/mol. The minimum absolute atomic E-state index is 0.0980. The van der Waals surface area contributed by atoms with Crippen LogP contribution in [0.3, 0.4) is 0 Å². The second-order valence-electron chi connectivity index (χ2n) is 7.27. The molecule has 0 radical (unpaired) electrons. The number of nitrogens with zero attached hydrogens (tertiary/aromatic N) is 1. The first-order valence-electron chi connectivity index (χ1n) is 9.05. The van der Waals surface area contributed by atoms with Crippen LogP contribution in [-0.2, 0) is 4.79 Å². The summed E-state index contributed by atoms with van der Waals surface area (Å²) < 4.78 is 0. The van der Waals surface area contributed by atoms with Gasteiger partial charge in [0.2, 0.25) is 5.91 Å². The molecule has 4 heterocycles. The van der Waals surface area contributed by atoms with Gasteiger partial charge >= 0.3 is 0 Å². The number of carbonyl (C=O) groups excluding carboxylic acids is 2. The van der Waals surface area contributed by atoms with Gasteiger partial charge in [-0.15, -0.1) is 11.3 Å². The molecule has 2 amide bonds. The highest BCUT2D eigenvalue weighted by Crippen LogP contribution is 2.44. The van der Waals surface area contributed by atoms with Crippen LogP contribution in [0.1, 0.15) is 40.9 Å². The van der Waals surface area contributed by atoms with Crippen molar-refractivity contribution < 1.29 is 9.59 Å². The van der Waals surface area contributed by atoms with Crippen molar-refractivity contribution in [3.63, 3.8) is 0 Å². The van der Waals surface area contributed by atoms with Crippen LogP contribution in [0.2, 0.25) is 0 Å². The highest BCUT2D eigenvalue weighted by Gasteiger charge is 2.37. The fourth-order valence-electron chi connectivity index (χ4n) is 4.29. The Morgan fingerprint density at radius 3 is 2.62 bits per heavy atom. The van der Waals surface area contributed by atoms with E-state index in [0.29, 0.717) is 16.7 Å². The second kappa shape index (κ2) is 6.85. The normalized spacial score (nSPS) is 24.4. The molecular weight excluding hydrogens is 346 g/mol. The van der Waals surface area contributed by atoms with Gasteiger partial charge in [-0.3, -0.25) is 9.59 Å². The predicted molar refractivity (Wildman–Crippen MR) is 104 cm³/mol. The van der Waals surface area contributed by atoms with Crippen molar-refractivity contribution in [1.82, 2.24) is 4.90 Å². The number of rotatable bonds is 4. The van der Waals surface area contributed by atoms with E-state index in [4.69, 9.17) is 5.73 Å². The molecule has 0 spiro atoms. The Kier molecular flexibility index (Phi) is 4.54. The smallest absolute Gasteiger partial charge is 0.259 e. The van der Waals surface area contributed by atoms with Crippen LogP contribution in [0.25, 0.3) is 10.4 Å². The average molecular weight is 369 g/mol. The molecule has 3 aliphatic rings. The second-order valence-corrected chi connectivity index (χ2v) is 8.32. The molecule has 6 heteroatoms. The van der Waals surface area contributed by atoms with Gasteiger partial charge in [-0.05, 0) is 61.2 Å². The minimum Gasteiger partial charge on any atom is -0.365 e. The first kappa shape index (κ1) is 17.2. The van der Waals surface area contributed by atoms with Gasteiger partial charge < -0.3 is 16.0 Å². The first-order valence-corrected chi connectivity index (χ1v) is 9.87. The quantitative estimate of drug-likeness (QED) is 0.868. The van der Waals surface area contributed by atoms with Gasteiger partial charge in [0.05, 0.1) is 4.88 Å². The van der Waals surface area contributed by atoms with E-state index in [1.807, 2.05) is 24.3 Å². The third-order valence-corrected chi connectivity index (χ3v) is 6.72. The number of benzene rings is 1. The summed E-state index contributed by atoms with van der Waals surface area (Å²) in [5.41, 5.74) is 8.57. The molecule has 5 nitrogen and oxygen atoms in total. The fraction of sp³-hybridized carbons (Fsp3) is 0.400. The number of anilines is 1. The Hall–Kier alpha value is -2.18. The number of nitrogens with two attached hydrogens (primary N) is 1. The number of thiophene rings is 1. The predicted octanol–water partition coefficient (Wildman–Crippen LogP) is 3.28. The Labute approximate surface area is 157 Å². The molecule has 26 heavy (non-hydrogen) atoms. The first-order chi connectivity index (χ1) is 12.5. The SMILES string of the molecule is CC(=O)Nc1cccc(-c2cc(C3CN4CCC3CC4)c(C(N)=O)s2)c1. The molecule has 1 unspecified atom stereocenters. The van der Waals surface area contributed by atoms with Gasteiger partial charge in [0.1, 0.15) is 0 Å². The van der Waals surface area contributed by atoms with Gasteiger partial charge in [0, 0.05) is 30.0 Å². The standard InChI is InChI=1S/C20H23N3O2S/c1-12(24)22-15-4-2-3-14(9-15)18-10-16(19(26-18)20(21)25)17-11-23-7-5-13(17)6-8-23/h2-4,9-10,13,17H,5-8,11H2,1H3,(H2,21,25)(H,22,24).